The third-order valence-corrected chi connectivity index (χ3v) is 2.55. The predicted molar refractivity (Wildman–Crippen MR) is 69.1 cm³/mol. The van der Waals surface area contributed by atoms with Gasteiger partial charge in [0.2, 0.25) is 0 Å². The fourth-order valence-corrected chi connectivity index (χ4v) is 1.50. The van der Waals surface area contributed by atoms with Crippen LogP contribution in [-0.4, -0.2) is 27.7 Å². The Hall–Kier alpha value is -1.62. The summed E-state index contributed by atoms with van der Waals surface area (Å²) in [5.41, 5.74) is 0.0528. The lowest BCUT2D eigenvalue weighted by molar-refractivity contribution is 0.0476. The number of aromatic amines is 1. The molecule has 0 fully saturated rings. The van der Waals surface area contributed by atoms with Gasteiger partial charge in [0, 0.05) is 0 Å². The summed E-state index contributed by atoms with van der Waals surface area (Å²) in [4.78, 5) is 18.9. The molecular weight excluding hydrogens is 232 g/mol. The van der Waals surface area contributed by atoms with E-state index in [-0.39, 0.29) is 12.3 Å². The van der Waals surface area contributed by atoms with Crippen LogP contribution in [0.25, 0.3) is 5.57 Å². The number of ether oxygens (including phenoxy) is 1. The number of allylic oxidation sites excluding steroid dienone is 1. The normalized spacial score (nSPS) is 11.4. The summed E-state index contributed by atoms with van der Waals surface area (Å²) in [5.74, 6) is -0.0290. The maximum Gasteiger partial charge on any atom is 0.358 e. The Bertz CT molecular complexity index is 455. The number of rotatable bonds is 5. The Kier molecular flexibility index (Phi) is 4.29. The average molecular weight is 252 g/mol. The highest BCUT2D eigenvalue weighted by Crippen LogP contribution is 2.25. The van der Waals surface area contributed by atoms with Crippen molar-refractivity contribution >= 4 is 11.5 Å². The molecule has 18 heavy (non-hydrogen) atoms. The van der Waals surface area contributed by atoms with Gasteiger partial charge in [-0.3, -0.25) is 0 Å². The lowest BCUT2D eigenvalue weighted by Crippen LogP contribution is -2.21. The molecule has 0 aliphatic carbocycles. The molecule has 0 aromatic carbocycles. The second-order valence-electron chi connectivity index (χ2n) is 4.55. The zero-order valence-corrected chi connectivity index (χ0v) is 11.3. The van der Waals surface area contributed by atoms with Crippen LogP contribution in [0.15, 0.2) is 6.58 Å². The Balaban J connectivity index is 3.26. The standard InChI is InChI=1S/C13H20N2O3/c1-6-8(3)11-14-9(12(16)18-7-2)10(15-11)13(4,5)17/h17H,3,6-7H2,1-2,4-5H3,(H,14,15). The third-order valence-electron chi connectivity index (χ3n) is 2.55. The van der Waals surface area contributed by atoms with E-state index in [1.807, 2.05) is 6.92 Å². The molecule has 0 atom stereocenters. The minimum Gasteiger partial charge on any atom is -0.461 e. The van der Waals surface area contributed by atoms with Crippen molar-refractivity contribution in [1.29, 1.82) is 0 Å². The van der Waals surface area contributed by atoms with Crippen LogP contribution in [-0.2, 0) is 10.3 Å². The van der Waals surface area contributed by atoms with Gasteiger partial charge in [0.05, 0.1) is 12.3 Å². The van der Waals surface area contributed by atoms with Crippen molar-refractivity contribution in [1.82, 2.24) is 9.97 Å². The highest BCUT2D eigenvalue weighted by atomic mass is 16.5. The summed E-state index contributed by atoms with van der Waals surface area (Å²) < 4.78 is 4.93. The van der Waals surface area contributed by atoms with E-state index in [1.54, 1.807) is 20.8 Å². The van der Waals surface area contributed by atoms with Gasteiger partial charge in [0.15, 0.2) is 5.69 Å². The molecule has 0 unspecified atom stereocenters. The summed E-state index contributed by atoms with van der Waals surface area (Å²) in [7, 11) is 0. The largest absolute Gasteiger partial charge is 0.461 e. The quantitative estimate of drug-likeness (QED) is 0.788. The maximum atomic E-state index is 11.8. The molecule has 0 aliphatic heterocycles. The number of hydrogen-bond acceptors (Lipinski definition) is 4. The monoisotopic (exact) mass is 252 g/mol. The molecule has 1 heterocycles. The van der Waals surface area contributed by atoms with E-state index in [0.717, 1.165) is 5.57 Å². The van der Waals surface area contributed by atoms with Crippen LogP contribution in [0.2, 0.25) is 0 Å². The summed E-state index contributed by atoms with van der Waals surface area (Å²) in [6, 6.07) is 0. The number of nitrogens with zero attached hydrogens (tertiary/aromatic N) is 1. The topological polar surface area (TPSA) is 75.2 Å². The third kappa shape index (κ3) is 2.98. The molecule has 0 saturated carbocycles. The summed E-state index contributed by atoms with van der Waals surface area (Å²) in [6.45, 7) is 11.0. The smallest absolute Gasteiger partial charge is 0.358 e. The van der Waals surface area contributed by atoms with Crippen LogP contribution in [0, 0.1) is 0 Å². The number of imidazole rings is 1. The molecule has 5 nitrogen and oxygen atoms in total. The van der Waals surface area contributed by atoms with E-state index >= 15 is 0 Å². The van der Waals surface area contributed by atoms with Gasteiger partial charge in [-0.05, 0) is 32.8 Å². The average Bonchev–Trinajstić information content (AvgIpc) is 2.72. The van der Waals surface area contributed by atoms with Crippen molar-refractivity contribution in [2.24, 2.45) is 0 Å². The van der Waals surface area contributed by atoms with Crippen molar-refractivity contribution < 1.29 is 14.6 Å². The van der Waals surface area contributed by atoms with Crippen LogP contribution in [0.1, 0.15) is 56.1 Å². The second-order valence-corrected chi connectivity index (χ2v) is 4.55. The van der Waals surface area contributed by atoms with Gasteiger partial charge in [-0.2, -0.15) is 0 Å². The summed E-state index contributed by atoms with van der Waals surface area (Å²) >= 11 is 0. The Labute approximate surface area is 107 Å². The number of hydrogen-bond donors (Lipinski definition) is 2. The van der Waals surface area contributed by atoms with Crippen LogP contribution in [0.4, 0.5) is 0 Å². The molecule has 0 amide bonds. The Morgan fingerprint density at radius 1 is 1.50 bits per heavy atom. The van der Waals surface area contributed by atoms with Crippen LogP contribution < -0.4 is 0 Å². The Morgan fingerprint density at radius 3 is 2.56 bits per heavy atom. The van der Waals surface area contributed by atoms with Crippen LogP contribution in [0.5, 0.6) is 0 Å². The zero-order chi connectivity index (χ0) is 13.9. The van der Waals surface area contributed by atoms with Crippen molar-refractivity contribution in [2.75, 3.05) is 6.61 Å². The molecule has 1 rings (SSSR count). The summed E-state index contributed by atoms with van der Waals surface area (Å²) in [6.07, 6.45) is 0.709. The highest BCUT2D eigenvalue weighted by Gasteiger charge is 2.29. The minimum atomic E-state index is -1.19. The van der Waals surface area contributed by atoms with Crippen LogP contribution >= 0.6 is 0 Å². The van der Waals surface area contributed by atoms with Crippen molar-refractivity contribution in [2.45, 2.75) is 39.7 Å². The molecule has 1 aromatic heterocycles. The van der Waals surface area contributed by atoms with Gasteiger partial charge < -0.3 is 14.8 Å². The van der Waals surface area contributed by atoms with E-state index in [9.17, 15) is 9.90 Å². The van der Waals surface area contributed by atoms with Gasteiger partial charge in [-0.15, -0.1) is 0 Å². The zero-order valence-electron chi connectivity index (χ0n) is 11.3. The fourth-order valence-electron chi connectivity index (χ4n) is 1.50. The lowest BCUT2D eigenvalue weighted by atomic mass is 10.0. The Morgan fingerprint density at radius 2 is 2.11 bits per heavy atom. The SMILES string of the molecule is C=C(CC)c1nc(C(=O)OCC)c(C(C)(C)O)[nH]1. The first kappa shape index (κ1) is 14.4. The molecule has 0 bridgehead atoms. The van der Waals surface area contributed by atoms with Gasteiger partial charge in [0.1, 0.15) is 11.4 Å². The first-order valence-electron chi connectivity index (χ1n) is 5.99. The molecule has 0 radical (unpaired) electrons. The maximum absolute atomic E-state index is 11.8. The van der Waals surface area contributed by atoms with E-state index in [2.05, 4.69) is 16.5 Å². The summed E-state index contributed by atoms with van der Waals surface area (Å²) in [5, 5.41) is 10.0. The van der Waals surface area contributed by atoms with Crippen LogP contribution in [0.3, 0.4) is 0 Å². The lowest BCUT2D eigenvalue weighted by Gasteiger charge is -2.16. The van der Waals surface area contributed by atoms with E-state index < -0.39 is 11.6 Å². The van der Waals surface area contributed by atoms with Crippen molar-refractivity contribution in [3.8, 4) is 0 Å². The number of carbonyl (C=O) groups is 1. The van der Waals surface area contributed by atoms with E-state index in [4.69, 9.17) is 4.74 Å². The van der Waals surface area contributed by atoms with Gasteiger partial charge >= 0.3 is 5.97 Å². The number of nitrogens with one attached hydrogen (secondary N) is 1. The first-order valence-corrected chi connectivity index (χ1v) is 5.99. The number of aromatic nitrogens is 2. The predicted octanol–water partition coefficient (Wildman–Crippen LogP) is 2.24. The molecule has 5 heteroatoms. The molecule has 1 aromatic rings. The number of H-pyrrole nitrogens is 1. The highest BCUT2D eigenvalue weighted by molar-refractivity contribution is 5.89. The molecule has 2 N–H and O–H groups in total. The number of carbonyl (C=O) groups excluding carboxylic acids is 1. The van der Waals surface area contributed by atoms with Gasteiger partial charge in [-0.25, -0.2) is 9.78 Å². The number of aliphatic hydroxyl groups is 1. The number of esters is 1. The molecule has 100 valence electrons. The first-order chi connectivity index (χ1) is 8.31. The second kappa shape index (κ2) is 5.35. The minimum absolute atomic E-state index is 0.119. The van der Waals surface area contributed by atoms with Crippen molar-refractivity contribution in [3.05, 3.63) is 23.8 Å². The van der Waals surface area contributed by atoms with Gasteiger partial charge in [0.25, 0.3) is 0 Å². The molecule has 0 aliphatic rings. The van der Waals surface area contributed by atoms with E-state index in [0.29, 0.717) is 17.9 Å². The molecular formula is C13H20N2O3. The van der Waals surface area contributed by atoms with E-state index in [1.165, 1.54) is 0 Å². The molecule has 0 spiro atoms. The fraction of sp³-hybridized carbons (Fsp3) is 0.538. The van der Waals surface area contributed by atoms with Gasteiger partial charge in [-0.1, -0.05) is 13.5 Å². The molecule has 0 saturated heterocycles. The van der Waals surface area contributed by atoms with Crippen molar-refractivity contribution in [3.63, 3.8) is 0 Å².